The fourth-order valence-electron chi connectivity index (χ4n) is 2.82. The van der Waals surface area contributed by atoms with Crippen LogP contribution in [0, 0.1) is 5.92 Å². The third kappa shape index (κ3) is 2.89. The van der Waals surface area contributed by atoms with E-state index in [4.69, 9.17) is 4.98 Å². The monoisotopic (exact) mass is 245 g/mol. The molecule has 1 aliphatic carbocycles. The Balaban J connectivity index is 1.57. The van der Waals surface area contributed by atoms with Gasteiger partial charge in [0.05, 0.1) is 5.69 Å². The van der Waals surface area contributed by atoms with Crippen LogP contribution < -0.4 is 0 Å². The maximum absolute atomic E-state index is 4.72. The molecule has 1 aromatic heterocycles. The molecule has 0 atom stereocenters. The van der Waals surface area contributed by atoms with Gasteiger partial charge in [-0.25, -0.2) is 9.97 Å². The fraction of sp³-hybridized carbons (Fsp3) is 0.733. The maximum atomic E-state index is 4.72. The maximum Gasteiger partial charge on any atom is 0.131 e. The normalized spacial score (nSPS) is 22.3. The molecule has 2 aliphatic rings. The number of rotatable bonds is 4. The molecule has 2 heterocycles. The molecular formula is C15H23N3. The second-order valence-electron chi connectivity index (χ2n) is 5.81. The lowest BCUT2D eigenvalue weighted by Crippen LogP contribution is -2.33. The highest BCUT2D eigenvalue weighted by Gasteiger charge is 2.26. The first-order valence-electron chi connectivity index (χ1n) is 7.39. The first-order chi connectivity index (χ1) is 8.85. The van der Waals surface area contributed by atoms with Crippen LogP contribution in [0.4, 0.5) is 0 Å². The largest absolute Gasteiger partial charge is 0.297 e. The molecule has 0 amide bonds. The molecule has 3 nitrogen and oxygen atoms in total. The number of nitrogens with zero attached hydrogens (tertiary/aromatic N) is 3. The summed E-state index contributed by atoms with van der Waals surface area (Å²) in [6.07, 6.45) is 8.56. The smallest absolute Gasteiger partial charge is 0.131 e. The lowest BCUT2D eigenvalue weighted by Gasteiger charge is -2.31. The first-order valence-corrected chi connectivity index (χ1v) is 7.39. The summed E-state index contributed by atoms with van der Waals surface area (Å²) in [4.78, 5) is 11.7. The van der Waals surface area contributed by atoms with Crippen LogP contribution in [-0.4, -0.2) is 28.0 Å². The van der Waals surface area contributed by atoms with Crippen LogP contribution in [0.5, 0.6) is 0 Å². The summed E-state index contributed by atoms with van der Waals surface area (Å²) in [5.41, 5.74) is 1.21. The van der Waals surface area contributed by atoms with E-state index in [1.54, 1.807) is 0 Å². The predicted molar refractivity (Wildman–Crippen MR) is 72.3 cm³/mol. The summed E-state index contributed by atoms with van der Waals surface area (Å²) in [6, 6.07) is 2.08. The molecule has 2 fully saturated rings. The third-order valence-corrected chi connectivity index (χ3v) is 4.34. The zero-order valence-electron chi connectivity index (χ0n) is 11.3. The molecule has 3 heteroatoms. The van der Waals surface area contributed by atoms with Gasteiger partial charge in [0.25, 0.3) is 0 Å². The fourth-order valence-corrected chi connectivity index (χ4v) is 2.82. The average molecular weight is 245 g/mol. The van der Waals surface area contributed by atoms with Crippen LogP contribution >= 0.6 is 0 Å². The minimum absolute atomic E-state index is 0.663. The van der Waals surface area contributed by atoms with Crippen LogP contribution in [0.25, 0.3) is 0 Å². The SMILES string of the molecule is CCC1CCN(Cc2ccnc(C3CC3)n2)CC1. The highest BCUT2D eigenvalue weighted by molar-refractivity contribution is 5.10. The Morgan fingerprint density at radius 3 is 2.67 bits per heavy atom. The first kappa shape index (κ1) is 12.1. The van der Waals surface area contributed by atoms with Crippen molar-refractivity contribution >= 4 is 0 Å². The van der Waals surface area contributed by atoms with Crippen LogP contribution in [-0.2, 0) is 6.54 Å². The van der Waals surface area contributed by atoms with E-state index in [9.17, 15) is 0 Å². The van der Waals surface area contributed by atoms with Crippen molar-refractivity contribution in [1.29, 1.82) is 0 Å². The van der Waals surface area contributed by atoms with Crippen LogP contribution in [0.1, 0.15) is 56.5 Å². The molecular weight excluding hydrogens is 222 g/mol. The molecule has 0 unspecified atom stereocenters. The van der Waals surface area contributed by atoms with E-state index in [0.717, 1.165) is 18.3 Å². The van der Waals surface area contributed by atoms with Gasteiger partial charge in [-0.15, -0.1) is 0 Å². The molecule has 3 rings (SSSR count). The predicted octanol–water partition coefficient (Wildman–Crippen LogP) is 2.98. The topological polar surface area (TPSA) is 29.0 Å². The summed E-state index contributed by atoms with van der Waals surface area (Å²) >= 11 is 0. The Morgan fingerprint density at radius 1 is 1.22 bits per heavy atom. The van der Waals surface area contributed by atoms with Gasteiger partial charge in [0.15, 0.2) is 0 Å². The molecule has 0 bridgehead atoms. The van der Waals surface area contributed by atoms with Gasteiger partial charge >= 0.3 is 0 Å². The van der Waals surface area contributed by atoms with E-state index < -0.39 is 0 Å². The van der Waals surface area contributed by atoms with Crippen molar-refractivity contribution in [1.82, 2.24) is 14.9 Å². The number of aromatic nitrogens is 2. The Morgan fingerprint density at radius 2 is 2.00 bits per heavy atom. The zero-order valence-corrected chi connectivity index (χ0v) is 11.3. The molecule has 0 aromatic carbocycles. The van der Waals surface area contributed by atoms with Gasteiger partial charge in [0.1, 0.15) is 5.82 Å². The van der Waals surface area contributed by atoms with E-state index in [2.05, 4.69) is 22.9 Å². The standard InChI is InChI=1S/C15H23N3/c1-2-12-6-9-18(10-7-12)11-14-5-8-16-15(17-14)13-3-4-13/h5,8,12-13H,2-4,6-7,9-11H2,1H3. The van der Waals surface area contributed by atoms with Crippen molar-refractivity contribution in [3.05, 3.63) is 23.8 Å². The van der Waals surface area contributed by atoms with Gasteiger partial charge in [-0.05, 0) is 50.8 Å². The van der Waals surface area contributed by atoms with E-state index in [1.807, 2.05) is 6.20 Å². The molecule has 1 saturated heterocycles. The van der Waals surface area contributed by atoms with Crippen molar-refractivity contribution in [3.63, 3.8) is 0 Å². The molecule has 0 N–H and O–H groups in total. The Labute approximate surface area is 110 Å². The van der Waals surface area contributed by atoms with E-state index in [1.165, 1.54) is 50.9 Å². The summed E-state index contributed by atoms with van der Waals surface area (Å²) in [7, 11) is 0. The zero-order chi connectivity index (χ0) is 12.4. The minimum Gasteiger partial charge on any atom is -0.297 e. The van der Waals surface area contributed by atoms with Crippen molar-refractivity contribution in [2.45, 2.75) is 51.5 Å². The molecule has 0 spiro atoms. The average Bonchev–Trinajstić information content (AvgIpc) is 3.24. The van der Waals surface area contributed by atoms with Gasteiger partial charge in [-0.2, -0.15) is 0 Å². The summed E-state index contributed by atoms with van der Waals surface area (Å²) in [6.45, 7) is 5.80. The third-order valence-electron chi connectivity index (χ3n) is 4.34. The molecule has 1 aliphatic heterocycles. The van der Waals surface area contributed by atoms with E-state index in [0.29, 0.717) is 5.92 Å². The highest BCUT2D eigenvalue weighted by atomic mass is 15.1. The summed E-state index contributed by atoms with van der Waals surface area (Å²) in [5, 5.41) is 0. The van der Waals surface area contributed by atoms with Gasteiger partial charge in [0.2, 0.25) is 0 Å². The minimum atomic E-state index is 0.663. The highest BCUT2D eigenvalue weighted by Crippen LogP contribution is 2.37. The van der Waals surface area contributed by atoms with Crippen molar-refractivity contribution in [3.8, 4) is 0 Å². The Hall–Kier alpha value is -0.960. The van der Waals surface area contributed by atoms with Crippen LogP contribution in [0.3, 0.4) is 0 Å². The Bertz CT molecular complexity index is 392. The number of hydrogen-bond donors (Lipinski definition) is 0. The van der Waals surface area contributed by atoms with Crippen LogP contribution in [0.2, 0.25) is 0 Å². The van der Waals surface area contributed by atoms with Crippen molar-refractivity contribution in [2.75, 3.05) is 13.1 Å². The van der Waals surface area contributed by atoms with Crippen LogP contribution in [0.15, 0.2) is 12.3 Å². The van der Waals surface area contributed by atoms with E-state index >= 15 is 0 Å². The second-order valence-corrected chi connectivity index (χ2v) is 5.81. The van der Waals surface area contributed by atoms with Gasteiger partial charge in [-0.1, -0.05) is 13.3 Å². The second kappa shape index (κ2) is 5.35. The van der Waals surface area contributed by atoms with Crippen molar-refractivity contribution in [2.24, 2.45) is 5.92 Å². The van der Waals surface area contributed by atoms with Gasteiger partial charge < -0.3 is 0 Å². The number of hydrogen-bond acceptors (Lipinski definition) is 3. The lowest BCUT2D eigenvalue weighted by molar-refractivity contribution is 0.173. The quantitative estimate of drug-likeness (QED) is 0.816. The van der Waals surface area contributed by atoms with Gasteiger partial charge in [0, 0.05) is 18.7 Å². The molecule has 1 saturated carbocycles. The Kier molecular flexibility index (Phi) is 3.59. The molecule has 0 radical (unpaired) electrons. The molecule has 98 valence electrons. The lowest BCUT2D eigenvalue weighted by atomic mass is 9.94. The summed E-state index contributed by atoms with van der Waals surface area (Å²) < 4.78 is 0. The van der Waals surface area contributed by atoms with E-state index in [-0.39, 0.29) is 0 Å². The summed E-state index contributed by atoms with van der Waals surface area (Å²) in [5.74, 6) is 2.69. The number of piperidine rings is 1. The number of likely N-dealkylation sites (tertiary alicyclic amines) is 1. The molecule has 18 heavy (non-hydrogen) atoms. The van der Waals surface area contributed by atoms with Crippen molar-refractivity contribution < 1.29 is 0 Å². The molecule has 1 aromatic rings. The van der Waals surface area contributed by atoms with Gasteiger partial charge in [-0.3, -0.25) is 4.90 Å².